The summed E-state index contributed by atoms with van der Waals surface area (Å²) in [6.07, 6.45) is -2.29. The number of aromatic nitrogens is 2. The highest BCUT2D eigenvalue weighted by molar-refractivity contribution is 6.37. The van der Waals surface area contributed by atoms with Crippen LogP contribution in [0.15, 0.2) is 53.2 Å². The minimum atomic E-state index is -5.18. The molecule has 0 aliphatic heterocycles. The van der Waals surface area contributed by atoms with Crippen molar-refractivity contribution in [1.29, 1.82) is 0 Å². The van der Waals surface area contributed by atoms with Crippen LogP contribution in [-0.4, -0.2) is 55.3 Å². The van der Waals surface area contributed by atoms with Gasteiger partial charge in [-0.1, -0.05) is 23.2 Å². The van der Waals surface area contributed by atoms with E-state index in [9.17, 15) is 22.8 Å². The van der Waals surface area contributed by atoms with Gasteiger partial charge in [-0.15, -0.1) is 0 Å². The van der Waals surface area contributed by atoms with Crippen LogP contribution < -0.4 is 15.0 Å². The zero-order valence-electron chi connectivity index (χ0n) is 21.9. The molecule has 0 aliphatic rings. The van der Waals surface area contributed by atoms with Crippen LogP contribution in [0.5, 0.6) is 5.75 Å². The fourth-order valence-corrected chi connectivity index (χ4v) is 4.54. The van der Waals surface area contributed by atoms with Crippen molar-refractivity contribution in [3.8, 4) is 17.2 Å². The topological polar surface area (TPSA) is 107 Å². The maximum Gasteiger partial charge on any atom is 0.471 e. The van der Waals surface area contributed by atoms with Crippen molar-refractivity contribution in [2.24, 2.45) is 0 Å². The second-order valence-corrected chi connectivity index (χ2v) is 9.85. The number of nitrogens with zero attached hydrogens (tertiary/aromatic N) is 3. The van der Waals surface area contributed by atoms with Gasteiger partial charge < -0.3 is 24.1 Å². The van der Waals surface area contributed by atoms with Gasteiger partial charge in [0.1, 0.15) is 18.2 Å². The third-order valence-electron chi connectivity index (χ3n) is 5.91. The normalized spacial score (nSPS) is 12.2. The summed E-state index contributed by atoms with van der Waals surface area (Å²) in [6.45, 7) is -0.0195. The molecule has 14 heteroatoms. The monoisotopic (exact) mass is 610 g/mol. The molecule has 1 unspecified atom stereocenters. The Kier molecular flexibility index (Phi) is 8.93. The number of anilines is 1. The van der Waals surface area contributed by atoms with Gasteiger partial charge in [-0.25, -0.2) is 9.78 Å². The van der Waals surface area contributed by atoms with Crippen LogP contribution in [0.25, 0.3) is 22.6 Å². The third-order valence-corrected chi connectivity index (χ3v) is 6.48. The average molecular weight is 611 g/mol. The Morgan fingerprint density at radius 1 is 1.10 bits per heavy atom. The van der Waals surface area contributed by atoms with Crippen molar-refractivity contribution >= 4 is 51.9 Å². The predicted molar refractivity (Wildman–Crippen MR) is 146 cm³/mol. The minimum Gasteiger partial charge on any atom is -0.486 e. The summed E-state index contributed by atoms with van der Waals surface area (Å²) in [7, 11) is 4.74. The molecule has 0 bridgehead atoms. The number of fused-ring (bicyclic) bond motifs is 1. The number of amides is 1. The molecule has 1 N–H and O–H groups in total. The Morgan fingerprint density at radius 3 is 2.34 bits per heavy atom. The molecule has 9 nitrogen and oxygen atoms in total. The van der Waals surface area contributed by atoms with Crippen molar-refractivity contribution in [1.82, 2.24) is 15.3 Å². The van der Waals surface area contributed by atoms with E-state index in [1.54, 1.807) is 29.8 Å². The lowest BCUT2D eigenvalue weighted by Crippen LogP contribution is -2.48. The number of esters is 1. The number of rotatable bonds is 9. The van der Waals surface area contributed by atoms with Crippen molar-refractivity contribution in [3.05, 3.63) is 70.0 Å². The standard InChI is InChI=1S/C27H23Cl2F3N4O5/c1-36(2)17-11-16(22-20(12-17)34-24(41-22)15-4-6-33-7-5-15)13-40-23-18(28)8-14(9-19(23)29)10-21(25(37)39-3)35-26(38)27(30,31)32/h4-9,11-12,21H,10,13H2,1-3H3,(H,35,38). The van der Waals surface area contributed by atoms with Crippen LogP contribution in [0.4, 0.5) is 18.9 Å². The van der Waals surface area contributed by atoms with E-state index in [1.807, 2.05) is 31.1 Å². The first-order valence-corrected chi connectivity index (χ1v) is 12.7. The predicted octanol–water partition coefficient (Wildman–Crippen LogP) is 5.60. The first-order chi connectivity index (χ1) is 19.4. The van der Waals surface area contributed by atoms with Crippen molar-refractivity contribution in [3.63, 3.8) is 0 Å². The van der Waals surface area contributed by atoms with E-state index in [4.69, 9.17) is 32.4 Å². The highest BCUT2D eigenvalue weighted by Crippen LogP contribution is 2.37. The maximum atomic E-state index is 12.7. The number of pyridine rings is 1. The summed E-state index contributed by atoms with van der Waals surface area (Å²) in [6, 6.07) is 8.40. The molecule has 0 saturated carbocycles. The third kappa shape index (κ3) is 7.01. The highest BCUT2D eigenvalue weighted by Gasteiger charge is 2.41. The largest absolute Gasteiger partial charge is 0.486 e. The van der Waals surface area contributed by atoms with Crippen molar-refractivity contribution in [2.75, 3.05) is 26.1 Å². The second-order valence-electron chi connectivity index (χ2n) is 9.03. The van der Waals surface area contributed by atoms with E-state index in [2.05, 4.69) is 14.7 Å². The van der Waals surface area contributed by atoms with Gasteiger partial charge >= 0.3 is 18.1 Å². The first-order valence-electron chi connectivity index (χ1n) is 11.9. The SMILES string of the molecule is COC(=O)C(Cc1cc(Cl)c(OCc2cc(N(C)C)cc3nc(-c4ccncc4)oc23)c(Cl)c1)NC(=O)C(F)(F)F. The van der Waals surface area contributed by atoms with E-state index in [0.717, 1.165) is 18.4 Å². The van der Waals surface area contributed by atoms with Crippen LogP contribution in [0, 0.1) is 0 Å². The van der Waals surface area contributed by atoms with Gasteiger partial charge in [-0.05, 0) is 42.0 Å². The molecule has 0 radical (unpaired) electrons. The van der Waals surface area contributed by atoms with E-state index in [-0.39, 0.29) is 34.4 Å². The number of oxazole rings is 1. The Bertz CT molecular complexity index is 1560. The Hall–Kier alpha value is -4.03. The zero-order chi connectivity index (χ0) is 29.9. The van der Waals surface area contributed by atoms with Gasteiger partial charge in [0.2, 0.25) is 5.89 Å². The average Bonchev–Trinajstić information content (AvgIpc) is 3.36. The number of hydrogen-bond acceptors (Lipinski definition) is 8. The zero-order valence-corrected chi connectivity index (χ0v) is 23.4. The van der Waals surface area contributed by atoms with E-state index in [0.29, 0.717) is 22.6 Å². The Labute approximate surface area is 242 Å². The molecule has 1 atom stereocenters. The molecule has 4 aromatic rings. The molecule has 2 aromatic carbocycles. The molecular weight excluding hydrogens is 588 g/mol. The lowest BCUT2D eigenvalue weighted by Gasteiger charge is -2.19. The van der Waals surface area contributed by atoms with Crippen LogP contribution >= 0.6 is 23.2 Å². The van der Waals surface area contributed by atoms with Gasteiger partial charge in [0, 0.05) is 49.7 Å². The fraction of sp³-hybridized carbons (Fsp3) is 0.259. The van der Waals surface area contributed by atoms with Crippen LogP contribution in [0.3, 0.4) is 0 Å². The molecule has 0 fully saturated rings. The van der Waals surface area contributed by atoms with Gasteiger partial charge in [0.05, 0.1) is 17.2 Å². The van der Waals surface area contributed by atoms with Crippen LogP contribution in [0.2, 0.25) is 10.0 Å². The fourth-order valence-electron chi connectivity index (χ4n) is 3.90. The van der Waals surface area contributed by atoms with E-state index >= 15 is 0 Å². The number of ether oxygens (including phenoxy) is 2. The Morgan fingerprint density at radius 2 is 1.76 bits per heavy atom. The number of methoxy groups -OCH3 is 1. The molecule has 0 aliphatic carbocycles. The number of carbonyl (C=O) groups excluding carboxylic acids is 2. The Balaban J connectivity index is 1.59. The summed E-state index contributed by atoms with van der Waals surface area (Å²) in [5, 5.41) is 1.69. The summed E-state index contributed by atoms with van der Waals surface area (Å²) in [5.74, 6) is -2.85. The number of benzene rings is 2. The first kappa shape index (κ1) is 29.9. The number of alkyl halides is 3. The molecule has 1 amide bonds. The number of halogens is 5. The van der Waals surface area contributed by atoms with Crippen molar-refractivity contribution in [2.45, 2.75) is 25.2 Å². The van der Waals surface area contributed by atoms with Crippen LogP contribution in [0.1, 0.15) is 11.1 Å². The summed E-state index contributed by atoms with van der Waals surface area (Å²) in [4.78, 5) is 33.9. The molecule has 2 aromatic heterocycles. The van der Waals surface area contributed by atoms with Gasteiger partial charge in [0.15, 0.2) is 11.3 Å². The number of hydrogen-bond donors (Lipinski definition) is 1. The summed E-state index contributed by atoms with van der Waals surface area (Å²) in [5.41, 5.74) is 3.59. The maximum absolute atomic E-state index is 12.7. The van der Waals surface area contributed by atoms with E-state index < -0.39 is 24.1 Å². The quantitative estimate of drug-likeness (QED) is 0.244. The number of carbonyl (C=O) groups is 2. The molecule has 216 valence electrons. The molecule has 4 rings (SSSR count). The van der Waals surface area contributed by atoms with Crippen LogP contribution in [-0.2, 0) is 27.4 Å². The summed E-state index contributed by atoms with van der Waals surface area (Å²) < 4.78 is 54.8. The lowest BCUT2D eigenvalue weighted by atomic mass is 10.1. The molecule has 2 heterocycles. The second kappa shape index (κ2) is 12.2. The molecular formula is C27H23Cl2F3N4O5. The summed E-state index contributed by atoms with van der Waals surface area (Å²) >= 11 is 12.8. The van der Waals surface area contributed by atoms with Crippen molar-refractivity contribution < 1.29 is 36.7 Å². The number of nitrogens with one attached hydrogen (secondary N) is 1. The highest BCUT2D eigenvalue weighted by atomic mass is 35.5. The van der Waals surface area contributed by atoms with Gasteiger partial charge in [0.25, 0.3) is 0 Å². The van der Waals surface area contributed by atoms with E-state index in [1.165, 1.54) is 12.1 Å². The van der Waals surface area contributed by atoms with Gasteiger partial charge in [-0.2, -0.15) is 13.2 Å². The molecule has 0 saturated heterocycles. The minimum absolute atomic E-state index is 0.0195. The molecule has 41 heavy (non-hydrogen) atoms. The van der Waals surface area contributed by atoms with Gasteiger partial charge in [-0.3, -0.25) is 9.78 Å². The smallest absolute Gasteiger partial charge is 0.471 e. The lowest BCUT2D eigenvalue weighted by molar-refractivity contribution is -0.175. The molecule has 0 spiro atoms.